The number of halogens is 1. The summed E-state index contributed by atoms with van der Waals surface area (Å²) < 4.78 is 2.01. The molecule has 1 saturated heterocycles. The SMILES string of the molecule is CCn1cc(CN2CCC(c3cccc(Cl)c3)C2)cc1C#N. The predicted octanol–water partition coefficient (Wildman–Crippen LogP) is 4.02. The summed E-state index contributed by atoms with van der Waals surface area (Å²) in [6, 6.07) is 12.5. The predicted molar refractivity (Wildman–Crippen MR) is 88.9 cm³/mol. The Kier molecular flexibility index (Phi) is 4.52. The molecule has 1 aliphatic heterocycles. The molecule has 0 bridgehead atoms. The van der Waals surface area contributed by atoms with Gasteiger partial charge in [-0.2, -0.15) is 5.26 Å². The minimum Gasteiger partial charge on any atom is -0.339 e. The second-order valence-corrected chi connectivity index (χ2v) is 6.34. The molecule has 1 aliphatic rings. The zero-order chi connectivity index (χ0) is 15.5. The Morgan fingerprint density at radius 2 is 2.23 bits per heavy atom. The van der Waals surface area contributed by atoms with Crippen molar-refractivity contribution >= 4 is 11.6 Å². The van der Waals surface area contributed by atoms with Gasteiger partial charge in [0.1, 0.15) is 11.8 Å². The van der Waals surface area contributed by atoms with Gasteiger partial charge in [-0.25, -0.2) is 0 Å². The molecule has 0 aliphatic carbocycles. The third-order valence-corrected chi connectivity index (χ3v) is 4.64. The van der Waals surface area contributed by atoms with Gasteiger partial charge in [0.15, 0.2) is 0 Å². The van der Waals surface area contributed by atoms with Gasteiger partial charge in [0.05, 0.1) is 0 Å². The van der Waals surface area contributed by atoms with Crippen molar-refractivity contribution in [2.45, 2.75) is 32.4 Å². The number of rotatable bonds is 4. The maximum atomic E-state index is 9.14. The first kappa shape index (κ1) is 15.1. The average molecular weight is 314 g/mol. The minimum absolute atomic E-state index is 0.558. The summed E-state index contributed by atoms with van der Waals surface area (Å²) in [5.41, 5.74) is 3.31. The lowest BCUT2D eigenvalue weighted by molar-refractivity contribution is 0.327. The van der Waals surface area contributed by atoms with Crippen LogP contribution in [-0.4, -0.2) is 22.6 Å². The molecule has 1 atom stereocenters. The van der Waals surface area contributed by atoms with E-state index in [0.29, 0.717) is 5.92 Å². The molecule has 114 valence electrons. The number of benzene rings is 1. The van der Waals surface area contributed by atoms with Gasteiger partial charge >= 0.3 is 0 Å². The van der Waals surface area contributed by atoms with Crippen molar-refractivity contribution in [2.75, 3.05) is 13.1 Å². The molecule has 4 heteroatoms. The van der Waals surface area contributed by atoms with E-state index in [0.717, 1.165) is 36.9 Å². The summed E-state index contributed by atoms with van der Waals surface area (Å²) in [6.07, 6.45) is 3.27. The maximum Gasteiger partial charge on any atom is 0.120 e. The summed E-state index contributed by atoms with van der Waals surface area (Å²) in [4.78, 5) is 2.46. The number of aryl methyl sites for hydroxylation is 1. The lowest BCUT2D eigenvalue weighted by atomic mass is 9.99. The standard InChI is InChI=1S/C18H20ClN3/c1-2-22-12-14(8-18(22)10-20)11-21-7-6-16(13-21)15-4-3-5-17(19)9-15/h3-5,8-9,12,16H,2,6-7,11,13H2,1H3. The number of nitrogens with zero attached hydrogens (tertiary/aromatic N) is 3. The van der Waals surface area contributed by atoms with Crippen LogP contribution >= 0.6 is 11.6 Å². The Bertz CT molecular complexity index is 699. The molecule has 1 aromatic heterocycles. The normalized spacial score (nSPS) is 18.5. The van der Waals surface area contributed by atoms with Gasteiger partial charge in [0.25, 0.3) is 0 Å². The third kappa shape index (κ3) is 3.19. The fourth-order valence-electron chi connectivity index (χ4n) is 3.28. The van der Waals surface area contributed by atoms with Crippen molar-refractivity contribution in [3.63, 3.8) is 0 Å². The third-order valence-electron chi connectivity index (χ3n) is 4.41. The van der Waals surface area contributed by atoms with Crippen molar-refractivity contribution < 1.29 is 0 Å². The van der Waals surface area contributed by atoms with Gasteiger partial charge in [-0.05, 0) is 55.1 Å². The topological polar surface area (TPSA) is 32.0 Å². The van der Waals surface area contributed by atoms with Gasteiger partial charge in [0.2, 0.25) is 0 Å². The van der Waals surface area contributed by atoms with Crippen molar-refractivity contribution in [1.29, 1.82) is 5.26 Å². The van der Waals surface area contributed by atoms with Gasteiger partial charge in [-0.15, -0.1) is 0 Å². The molecule has 1 aromatic carbocycles. The summed E-state index contributed by atoms with van der Waals surface area (Å²) in [5, 5.41) is 9.96. The first-order chi connectivity index (χ1) is 10.7. The van der Waals surface area contributed by atoms with Gasteiger partial charge < -0.3 is 4.57 Å². The molecule has 22 heavy (non-hydrogen) atoms. The van der Waals surface area contributed by atoms with Crippen LogP contribution in [0, 0.1) is 11.3 Å². The zero-order valence-electron chi connectivity index (χ0n) is 12.8. The van der Waals surface area contributed by atoms with Crippen molar-refractivity contribution in [2.24, 2.45) is 0 Å². The molecule has 0 N–H and O–H groups in total. The van der Waals surface area contributed by atoms with Crippen LogP contribution in [0.4, 0.5) is 0 Å². The number of hydrogen-bond donors (Lipinski definition) is 0. The minimum atomic E-state index is 0.558. The second kappa shape index (κ2) is 6.56. The van der Waals surface area contributed by atoms with E-state index in [-0.39, 0.29) is 0 Å². The van der Waals surface area contributed by atoms with Crippen LogP contribution in [0.2, 0.25) is 5.02 Å². The van der Waals surface area contributed by atoms with E-state index in [2.05, 4.69) is 36.2 Å². The molecule has 0 amide bonds. The lowest BCUT2D eigenvalue weighted by Crippen LogP contribution is -2.19. The summed E-state index contributed by atoms with van der Waals surface area (Å²) in [5.74, 6) is 0.558. The first-order valence-electron chi connectivity index (χ1n) is 7.76. The van der Waals surface area contributed by atoms with Crippen molar-refractivity contribution in [3.8, 4) is 6.07 Å². The van der Waals surface area contributed by atoms with Crippen LogP contribution in [0.3, 0.4) is 0 Å². The first-order valence-corrected chi connectivity index (χ1v) is 8.14. The van der Waals surface area contributed by atoms with Crippen molar-refractivity contribution in [3.05, 3.63) is 58.4 Å². The highest BCUT2D eigenvalue weighted by molar-refractivity contribution is 6.30. The van der Waals surface area contributed by atoms with Gasteiger partial charge in [0, 0.05) is 30.9 Å². The average Bonchev–Trinajstić information content (AvgIpc) is 3.14. The molecule has 3 rings (SSSR count). The Morgan fingerprint density at radius 1 is 1.36 bits per heavy atom. The molecule has 2 heterocycles. The number of hydrogen-bond acceptors (Lipinski definition) is 2. The molecule has 1 fully saturated rings. The van der Waals surface area contributed by atoms with E-state index in [1.54, 1.807) is 0 Å². The summed E-state index contributed by atoms with van der Waals surface area (Å²) in [7, 11) is 0. The van der Waals surface area contributed by atoms with E-state index >= 15 is 0 Å². The fraction of sp³-hybridized carbons (Fsp3) is 0.389. The smallest absolute Gasteiger partial charge is 0.120 e. The number of nitriles is 1. The monoisotopic (exact) mass is 313 g/mol. The van der Waals surface area contributed by atoms with Crippen LogP contribution in [0.5, 0.6) is 0 Å². The molecule has 1 unspecified atom stereocenters. The van der Waals surface area contributed by atoms with E-state index in [1.165, 1.54) is 17.5 Å². The Balaban J connectivity index is 1.66. The van der Waals surface area contributed by atoms with Crippen LogP contribution in [0.25, 0.3) is 0 Å². The van der Waals surface area contributed by atoms with Crippen molar-refractivity contribution in [1.82, 2.24) is 9.47 Å². The highest BCUT2D eigenvalue weighted by atomic mass is 35.5. The van der Waals surface area contributed by atoms with Gasteiger partial charge in [-0.1, -0.05) is 23.7 Å². The number of aromatic nitrogens is 1. The largest absolute Gasteiger partial charge is 0.339 e. The highest BCUT2D eigenvalue weighted by Crippen LogP contribution is 2.29. The molecule has 0 spiro atoms. The summed E-state index contributed by atoms with van der Waals surface area (Å²) >= 11 is 6.09. The zero-order valence-corrected chi connectivity index (χ0v) is 13.6. The lowest BCUT2D eigenvalue weighted by Gasteiger charge is -2.15. The molecule has 0 saturated carbocycles. The van der Waals surface area contributed by atoms with Crippen LogP contribution in [0.1, 0.15) is 36.1 Å². The quantitative estimate of drug-likeness (QED) is 0.853. The molecule has 3 nitrogen and oxygen atoms in total. The van der Waals surface area contributed by atoms with E-state index in [9.17, 15) is 0 Å². The second-order valence-electron chi connectivity index (χ2n) is 5.91. The summed E-state index contributed by atoms with van der Waals surface area (Å²) in [6.45, 7) is 5.97. The Hall–Kier alpha value is -1.76. The van der Waals surface area contributed by atoms with Gasteiger partial charge in [-0.3, -0.25) is 4.90 Å². The highest BCUT2D eigenvalue weighted by Gasteiger charge is 2.24. The fourth-order valence-corrected chi connectivity index (χ4v) is 3.48. The van der Waals surface area contributed by atoms with Crippen LogP contribution < -0.4 is 0 Å². The Labute approximate surface area is 136 Å². The molecule has 2 aromatic rings. The molecule has 0 radical (unpaired) electrons. The maximum absolute atomic E-state index is 9.14. The van der Waals surface area contributed by atoms with Crippen LogP contribution in [-0.2, 0) is 13.1 Å². The van der Waals surface area contributed by atoms with Crippen LogP contribution in [0.15, 0.2) is 36.5 Å². The van der Waals surface area contributed by atoms with E-state index in [1.807, 2.05) is 22.8 Å². The number of likely N-dealkylation sites (tertiary alicyclic amines) is 1. The van der Waals surface area contributed by atoms with E-state index < -0.39 is 0 Å². The van der Waals surface area contributed by atoms with E-state index in [4.69, 9.17) is 16.9 Å². The molecular formula is C18H20ClN3. The molecular weight excluding hydrogens is 294 g/mol. The Morgan fingerprint density at radius 3 is 2.91 bits per heavy atom.